The fourth-order valence-electron chi connectivity index (χ4n) is 3.02. The monoisotopic (exact) mass is 429 g/mol. The van der Waals surface area contributed by atoms with E-state index in [1.807, 2.05) is 50.2 Å². The number of imide groups is 1. The summed E-state index contributed by atoms with van der Waals surface area (Å²) in [6.07, 6.45) is 0. The Morgan fingerprint density at radius 1 is 1.15 bits per heavy atom. The molecule has 140 valence electrons. The first-order chi connectivity index (χ1) is 12.7. The van der Waals surface area contributed by atoms with Gasteiger partial charge in [0.25, 0.3) is 5.91 Å². The van der Waals surface area contributed by atoms with Crippen LogP contribution in [0.3, 0.4) is 0 Å². The van der Waals surface area contributed by atoms with Crippen LogP contribution < -0.4 is 10.6 Å². The van der Waals surface area contributed by atoms with E-state index in [2.05, 4.69) is 26.6 Å². The van der Waals surface area contributed by atoms with Crippen LogP contribution in [0.5, 0.6) is 0 Å². The van der Waals surface area contributed by atoms with Gasteiger partial charge in [-0.3, -0.25) is 14.5 Å². The zero-order chi connectivity index (χ0) is 19.8. The van der Waals surface area contributed by atoms with Gasteiger partial charge in [-0.25, -0.2) is 4.79 Å². The average molecular weight is 430 g/mol. The first-order valence-electron chi connectivity index (χ1n) is 8.48. The van der Waals surface area contributed by atoms with E-state index in [4.69, 9.17) is 0 Å². The van der Waals surface area contributed by atoms with Gasteiger partial charge in [0.2, 0.25) is 5.91 Å². The molecule has 1 heterocycles. The lowest BCUT2D eigenvalue weighted by Crippen LogP contribution is -2.42. The molecule has 2 aromatic carbocycles. The molecule has 3 rings (SSSR count). The van der Waals surface area contributed by atoms with Crippen molar-refractivity contribution in [3.05, 3.63) is 63.6 Å². The molecule has 1 aliphatic heterocycles. The maximum Gasteiger partial charge on any atom is 0.325 e. The molecule has 2 N–H and O–H groups in total. The molecule has 0 aromatic heterocycles. The van der Waals surface area contributed by atoms with E-state index < -0.39 is 23.4 Å². The Bertz CT molecular complexity index is 927. The Morgan fingerprint density at radius 2 is 1.81 bits per heavy atom. The number of anilines is 1. The highest BCUT2D eigenvalue weighted by Crippen LogP contribution is 2.29. The van der Waals surface area contributed by atoms with Crippen LogP contribution in [-0.4, -0.2) is 29.3 Å². The van der Waals surface area contributed by atoms with Gasteiger partial charge < -0.3 is 10.6 Å². The lowest BCUT2D eigenvalue weighted by atomic mass is 9.91. The summed E-state index contributed by atoms with van der Waals surface area (Å²) in [5.74, 6) is -0.879. The smallest absolute Gasteiger partial charge is 0.324 e. The van der Waals surface area contributed by atoms with Gasteiger partial charge in [0, 0.05) is 10.2 Å². The largest absolute Gasteiger partial charge is 0.325 e. The van der Waals surface area contributed by atoms with Crippen LogP contribution in [0, 0.1) is 13.8 Å². The summed E-state index contributed by atoms with van der Waals surface area (Å²) < 4.78 is 0.904. The van der Waals surface area contributed by atoms with Gasteiger partial charge in [0.1, 0.15) is 12.1 Å². The van der Waals surface area contributed by atoms with Crippen molar-refractivity contribution in [3.8, 4) is 0 Å². The van der Waals surface area contributed by atoms with Crippen LogP contribution in [0.4, 0.5) is 10.5 Å². The first-order valence-corrected chi connectivity index (χ1v) is 9.27. The minimum absolute atomic E-state index is 0.346. The quantitative estimate of drug-likeness (QED) is 0.730. The number of hydrogen-bond donors (Lipinski definition) is 2. The minimum atomic E-state index is -1.18. The molecule has 0 aliphatic carbocycles. The van der Waals surface area contributed by atoms with Gasteiger partial charge in [0.05, 0.1) is 0 Å². The lowest BCUT2D eigenvalue weighted by molar-refractivity contribution is -0.133. The van der Waals surface area contributed by atoms with Crippen LogP contribution in [0.15, 0.2) is 46.9 Å². The molecule has 0 radical (unpaired) electrons. The number of nitrogens with zero attached hydrogens (tertiary/aromatic N) is 1. The van der Waals surface area contributed by atoms with Crippen molar-refractivity contribution in [1.29, 1.82) is 0 Å². The molecule has 1 unspecified atom stereocenters. The van der Waals surface area contributed by atoms with E-state index in [-0.39, 0.29) is 6.54 Å². The average Bonchev–Trinajstić information content (AvgIpc) is 2.82. The Hall–Kier alpha value is -2.67. The molecule has 0 spiro atoms. The van der Waals surface area contributed by atoms with Gasteiger partial charge in [-0.2, -0.15) is 0 Å². The summed E-state index contributed by atoms with van der Waals surface area (Å²) in [5.41, 5.74) is 2.06. The second kappa shape index (κ2) is 7.15. The third kappa shape index (κ3) is 3.73. The summed E-state index contributed by atoms with van der Waals surface area (Å²) >= 11 is 3.37. The molecule has 1 fully saturated rings. The van der Waals surface area contributed by atoms with E-state index in [1.165, 1.54) is 0 Å². The molecule has 7 heteroatoms. The molecule has 0 bridgehead atoms. The molecule has 0 saturated carbocycles. The van der Waals surface area contributed by atoms with E-state index in [0.717, 1.165) is 20.5 Å². The summed E-state index contributed by atoms with van der Waals surface area (Å²) in [6, 6.07) is 12.2. The Morgan fingerprint density at radius 3 is 2.44 bits per heavy atom. The van der Waals surface area contributed by atoms with Crippen LogP contribution in [0.2, 0.25) is 0 Å². The maximum atomic E-state index is 12.9. The maximum absolute atomic E-state index is 12.9. The molecule has 1 atom stereocenters. The Kier molecular flexibility index (Phi) is 5.06. The molecule has 27 heavy (non-hydrogen) atoms. The molecule has 4 amide bonds. The Labute approximate surface area is 166 Å². The predicted molar refractivity (Wildman–Crippen MR) is 106 cm³/mol. The number of rotatable bonds is 4. The van der Waals surface area contributed by atoms with E-state index in [1.54, 1.807) is 13.0 Å². The van der Waals surface area contributed by atoms with Gasteiger partial charge in [0.15, 0.2) is 0 Å². The predicted octanol–water partition coefficient (Wildman–Crippen LogP) is 3.47. The number of halogens is 1. The number of benzene rings is 2. The standard InChI is InChI=1S/C20H20BrN3O3/c1-12-4-6-14(7-5-12)20(3)18(26)24(19(27)23-20)11-17(25)22-16-9-8-15(21)10-13(16)2/h4-10H,11H2,1-3H3,(H,22,25)(H,23,27). The fraction of sp³-hybridized carbons (Fsp3) is 0.250. The molecule has 1 aliphatic rings. The van der Waals surface area contributed by atoms with Crippen molar-refractivity contribution in [2.45, 2.75) is 26.3 Å². The number of aryl methyl sites for hydroxylation is 2. The van der Waals surface area contributed by atoms with Crippen molar-refractivity contribution in [3.63, 3.8) is 0 Å². The third-order valence-electron chi connectivity index (χ3n) is 4.67. The number of carbonyl (C=O) groups excluding carboxylic acids is 3. The molecular formula is C20H20BrN3O3. The van der Waals surface area contributed by atoms with Crippen molar-refractivity contribution in [2.24, 2.45) is 0 Å². The van der Waals surface area contributed by atoms with E-state index >= 15 is 0 Å². The van der Waals surface area contributed by atoms with Crippen LogP contribution in [0.25, 0.3) is 0 Å². The normalized spacial score (nSPS) is 19.2. The highest BCUT2D eigenvalue weighted by molar-refractivity contribution is 9.10. The van der Waals surface area contributed by atoms with Gasteiger partial charge in [-0.05, 0) is 50.1 Å². The van der Waals surface area contributed by atoms with Crippen LogP contribution >= 0.6 is 15.9 Å². The van der Waals surface area contributed by atoms with Gasteiger partial charge in [-0.1, -0.05) is 45.8 Å². The number of hydrogen-bond acceptors (Lipinski definition) is 3. The molecular weight excluding hydrogens is 410 g/mol. The van der Waals surface area contributed by atoms with E-state index in [0.29, 0.717) is 11.3 Å². The van der Waals surface area contributed by atoms with Gasteiger partial charge in [-0.15, -0.1) is 0 Å². The summed E-state index contributed by atoms with van der Waals surface area (Å²) in [4.78, 5) is 38.6. The number of urea groups is 1. The van der Waals surface area contributed by atoms with Crippen LogP contribution in [0.1, 0.15) is 23.6 Å². The zero-order valence-corrected chi connectivity index (χ0v) is 16.9. The van der Waals surface area contributed by atoms with Crippen molar-refractivity contribution in [1.82, 2.24) is 10.2 Å². The van der Waals surface area contributed by atoms with E-state index in [9.17, 15) is 14.4 Å². The molecule has 6 nitrogen and oxygen atoms in total. The molecule has 1 saturated heterocycles. The number of amides is 4. The molecule has 2 aromatic rings. The number of carbonyl (C=O) groups is 3. The highest BCUT2D eigenvalue weighted by atomic mass is 79.9. The van der Waals surface area contributed by atoms with Gasteiger partial charge >= 0.3 is 6.03 Å². The van der Waals surface area contributed by atoms with Crippen LogP contribution in [-0.2, 0) is 15.1 Å². The summed E-state index contributed by atoms with van der Waals surface area (Å²) in [6.45, 7) is 5.11. The highest BCUT2D eigenvalue weighted by Gasteiger charge is 2.49. The zero-order valence-electron chi connectivity index (χ0n) is 15.3. The van der Waals surface area contributed by atoms with Crippen molar-refractivity contribution in [2.75, 3.05) is 11.9 Å². The summed E-state index contributed by atoms with van der Waals surface area (Å²) in [7, 11) is 0. The second-order valence-electron chi connectivity index (χ2n) is 6.82. The Balaban J connectivity index is 1.75. The first kappa shape index (κ1) is 19.1. The lowest BCUT2D eigenvalue weighted by Gasteiger charge is -2.22. The van der Waals surface area contributed by atoms with Crippen molar-refractivity contribution < 1.29 is 14.4 Å². The minimum Gasteiger partial charge on any atom is -0.324 e. The summed E-state index contributed by atoms with van der Waals surface area (Å²) in [5, 5.41) is 5.45. The fourth-order valence-corrected chi connectivity index (χ4v) is 3.50. The number of nitrogens with one attached hydrogen (secondary N) is 2. The second-order valence-corrected chi connectivity index (χ2v) is 7.74. The SMILES string of the molecule is Cc1ccc(C2(C)NC(=O)N(CC(=O)Nc3ccc(Br)cc3C)C2=O)cc1. The van der Waals surface area contributed by atoms with Crippen molar-refractivity contribution >= 4 is 39.5 Å². The topological polar surface area (TPSA) is 78.5 Å². The third-order valence-corrected chi connectivity index (χ3v) is 5.16.